The number of amides is 1. The number of carbonyl (C=O) groups excluding carboxylic acids is 1. The Morgan fingerprint density at radius 3 is 2.67 bits per heavy atom. The van der Waals surface area contributed by atoms with E-state index in [9.17, 15) is 4.79 Å². The molecule has 0 radical (unpaired) electrons. The van der Waals surface area contributed by atoms with E-state index in [1.807, 2.05) is 13.0 Å². The highest BCUT2D eigenvalue weighted by atomic mass is 16.3. The van der Waals surface area contributed by atoms with Crippen LogP contribution < -0.4 is 0 Å². The lowest BCUT2D eigenvalue weighted by Gasteiger charge is -2.20. The number of hydrogen-bond donors (Lipinski definition) is 1. The van der Waals surface area contributed by atoms with Gasteiger partial charge in [0, 0.05) is 13.1 Å². The topological polar surface area (TPSA) is 64.3 Å². The Bertz CT molecular complexity index is 186. The van der Waals surface area contributed by atoms with E-state index in [2.05, 4.69) is 0 Å². The lowest BCUT2D eigenvalue weighted by Crippen LogP contribution is -2.36. The summed E-state index contributed by atoms with van der Waals surface area (Å²) in [5.74, 6) is -0.828. The van der Waals surface area contributed by atoms with E-state index in [0.717, 1.165) is 0 Å². The molecule has 0 saturated heterocycles. The predicted octanol–water partition coefficient (Wildman–Crippen LogP) is -0.0131. The first-order chi connectivity index (χ1) is 5.67. The largest absolute Gasteiger partial charge is 0.395 e. The van der Waals surface area contributed by atoms with Gasteiger partial charge < -0.3 is 10.0 Å². The maximum atomic E-state index is 11.3. The Morgan fingerprint density at radius 1 is 1.75 bits per heavy atom. The summed E-state index contributed by atoms with van der Waals surface area (Å²) in [6.07, 6.45) is 0. The smallest absolute Gasteiger partial charge is 0.239 e. The summed E-state index contributed by atoms with van der Waals surface area (Å²) in [4.78, 5) is 12.8. The molecular weight excluding hydrogens is 156 g/mol. The molecule has 0 aliphatic heterocycles. The zero-order valence-electron chi connectivity index (χ0n) is 7.45. The Morgan fingerprint density at radius 2 is 2.33 bits per heavy atom. The first kappa shape index (κ1) is 10.9. The van der Waals surface area contributed by atoms with Gasteiger partial charge in [0.25, 0.3) is 0 Å². The molecule has 0 saturated carbocycles. The number of carbonyl (C=O) groups is 1. The van der Waals surface area contributed by atoms with E-state index in [4.69, 9.17) is 10.4 Å². The number of hydrogen-bond acceptors (Lipinski definition) is 3. The molecule has 0 bridgehead atoms. The van der Waals surface area contributed by atoms with Crippen molar-refractivity contribution in [2.75, 3.05) is 19.7 Å². The molecule has 4 nitrogen and oxygen atoms in total. The van der Waals surface area contributed by atoms with Gasteiger partial charge in [-0.05, 0) is 13.8 Å². The fourth-order valence-corrected chi connectivity index (χ4v) is 0.874. The Hall–Kier alpha value is -1.08. The fraction of sp³-hybridized carbons (Fsp3) is 0.750. The van der Waals surface area contributed by atoms with Crippen molar-refractivity contribution in [3.8, 4) is 6.07 Å². The Kier molecular flexibility index (Phi) is 5.06. The Labute approximate surface area is 72.4 Å². The molecule has 0 aliphatic rings. The first-order valence-electron chi connectivity index (χ1n) is 3.96. The molecule has 12 heavy (non-hydrogen) atoms. The maximum absolute atomic E-state index is 11.3. The van der Waals surface area contributed by atoms with E-state index in [0.29, 0.717) is 13.1 Å². The minimum absolute atomic E-state index is 0.0578. The summed E-state index contributed by atoms with van der Waals surface area (Å²) < 4.78 is 0. The van der Waals surface area contributed by atoms with Gasteiger partial charge in [-0.15, -0.1) is 0 Å². The van der Waals surface area contributed by atoms with Crippen molar-refractivity contribution in [1.82, 2.24) is 4.90 Å². The van der Waals surface area contributed by atoms with Gasteiger partial charge in [-0.3, -0.25) is 4.79 Å². The van der Waals surface area contributed by atoms with Crippen LogP contribution in [0.25, 0.3) is 0 Å². The van der Waals surface area contributed by atoms with Gasteiger partial charge in [0.05, 0.1) is 12.7 Å². The molecule has 0 aromatic rings. The SMILES string of the molecule is CCN(CCO)C(=O)C(C)C#N. The molecule has 1 atom stereocenters. The molecule has 1 amide bonds. The lowest BCUT2D eigenvalue weighted by atomic mass is 10.2. The predicted molar refractivity (Wildman–Crippen MR) is 44.1 cm³/mol. The average Bonchev–Trinajstić information content (AvgIpc) is 2.11. The molecule has 0 rings (SSSR count). The van der Waals surface area contributed by atoms with Crippen LogP contribution >= 0.6 is 0 Å². The number of aliphatic hydroxyl groups excluding tert-OH is 1. The van der Waals surface area contributed by atoms with Crippen LogP contribution in [-0.2, 0) is 4.79 Å². The van der Waals surface area contributed by atoms with Crippen molar-refractivity contribution in [2.45, 2.75) is 13.8 Å². The molecule has 0 fully saturated rings. The number of nitriles is 1. The molecule has 68 valence electrons. The van der Waals surface area contributed by atoms with Gasteiger partial charge in [-0.2, -0.15) is 5.26 Å². The molecule has 0 aliphatic carbocycles. The zero-order chi connectivity index (χ0) is 9.56. The summed E-state index contributed by atoms with van der Waals surface area (Å²) in [7, 11) is 0. The number of likely N-dealkylation sites (N-methyl/N-ethyl adjacent to an activating group) is 1. The van der Waals surface area contributed by atoms with Crippen molar-refractivity contribution in [2.24, 2.45) is 5.92 Å². The van der Waals surface area contributed by atoms with Crippen LogP contribution in [0.3, 0.4) is 0 Å². The van der Waals surface area contributed by atoms with E-state index in [1.54, 1.807) is 6.92 Å². The van der Waals surface area contributed by atoms with Gasteiger partial charge in [0.15, 0.2) is 0 Å². The average molecular weight is 170 g/mol. The van der Waals surface area contributed by atoms with E-state index in [1.165, 1.54) is 4.90 Å². The maximum Gasteiger partial charge on any atom is 0.239 e. The van der Waals surface area contributed by atoms with Crippen LogP contribution in [0.1, 0.15) is 13.8 Å². The molecule has 4 heteroatoms. The van der Waals surface area contributed by atoms with E-state index in [-0.39, 0.29) is 12.5 Å². The third kappa shape index (κ3) is 2.89. The third-order valence-electron chi connectivity index (χ3n) is 1.63. The molecule has 0 heterocycles. The van der Waals surface area contributed by atoms with Crippen LogP contribution in [0.15, 0.2) is 0 Å². The van der Waals surface area contributed by atoms with E-state index >= 15 is 0 Å². The minimum Gasteiger partial charge on any atom is -0.395 e. The van der Waals surface area contributed by atoms with Gasteiger partial charge in [0.2, 0.25) is 5.91 Å². The summed E-state index contributed by atoms with van der Waals surface area (Å²) in [5, 5.41) is 17.1. The van der Waals surface area contributed by atoms with E-state index < -0.39 is 5.92 Å². The molecule has 0 aromatic carbocycles. The normalized spacial score (nSPS) is 11.8. The molecular formula is C8H14N2O2. The minimum atomic E-state index is -0.614. The zero-order valence-corrected chi connectivity index (χ0v) is 7.45. The molecule has 0 aromatic heterocycles. The summed E-state index contributed by atoms with van der Waals surface area (Å²) in [6.45, 7) is 4.16. The number of nitrogens with zero attached hydrogens (tertiary/aromatic N) is 2. The highest BCUT2D eigenvalue weighted by Gasteiger charge is 2.17. The van der Waals surface area contributed by atoms with Gasteiger partial charge in [0.1, 0.15) is 5.92 Å². The second kappa shape index (κ2) is 5.56. The molecule has 1 unspecified atom stereocenters. The first-order valence-corrected chi connectivity index (χ1v) is 3.96. The van der Waals surface area contributed by atoms with Crippen molar-refractivity contribution in [3.63, 3.8) is 0 Å². The van der Waals surface area contributed by atoms with Gasteiger partial charge >= 0.3 is 0 Å². The van der Waals surface area contributed by atoms with Crippen molar-refractivity contribution >= 4 is 5.91 Å². The quantitative estimate of drug-likeness (QED) is 0.645. The highest BCUT2D eigenvalue weighted by Crippen LogP contribution is 2.00. The fourth-order valence-electron chi connectivity index (χ4n) is 0.874. The van der Waals surface area contributed by atoms with Crippen molar-refractivity contribution in [3.05, 3.63) is 0 Å². The van der Waals surface area contributed by atoms with Crippen LogP contribution in [0.4, 0.5) is 0 Å². The second-order valence-corrected chi connectivity index (χ2v) is 2.49. The Balaban J connectivity index is 4.13. The standard InChI is InChI=1S/C8H14N2O2/c1-3-10(4-5-11)8(12)7(2)6-9/h7,11H,3-5H2,1-2H3. The van der Waals surface area contributed by atoms with Crippen LogP contribution in [0.2, 0.25) is 0 Å². The second-order valence-electron chi connectivity index (χ2n) is 2.49. The number of rotatable bonds is 4. The van der Waals surface area contributed by atoms with Crippen molar-refractivity contribution < 1.29 is 9.90 Å². The van der Waals surface area contributed by atoms with Crippen LogP contribution in [0, 0.1) is 17.2 Å². The lowest BCUT2D eigenvalue weighted by molar-refractivity contribution is -0.133. The van der Waals surface area contributed by atoms with Gasteiger partial charge in [-0.1, -0.05) is 0 Å². The summed E-state index contributed by atoms with van der Waals surface area (Å²) in [5.41, 5.74) is 0. The monoisotopic (exact) mass is 170 g/mol. The van der Waals surface area contributed by atoms with Crippen molar-refractivity contribution in [1.29, 1.82) is 5.26 Å². The summed E-state index contributed by atoms with van der Waals surface area (Å²) in [6, 6.07) is 1.87. The van der Waals surface area contributed by atoms with Crippen LogP contribution in [0.5, 0.6) is 0 Å². The highest BCUT2D eigenvalue weighted by molar-refractivity contribution is 5.80. The molecule has 0 spiro atoms. The van der Waals surface area contributed by atoms with Gasteiger partial charge in [-0.25, -0.2) is 0 Å². The van der Waals surface area contributed by atoms with Crippen LogP contribution in [-0.4, -0.2) is 35.6 Å². The summed E-state index contributed by atoms with van der Waals surface area (Å²) >= 11 is 0. The number of aliphatic hydroxyl groups is 1. The molecule has 1 N–H and O–H groups in total. The third-order valence-corrected chi connectivity index (χ3v) is 1.63.